The summed E-state index contributed by atoms with van der Waals surface area (Å²) in [4.78, 5) is 46.3. The first kappa shape index (κ1) is 17.7. The first-order valence-electron chi connectivity index (χ1n) is 8.77. The maximum absolute atomic E-state index is 12.6. The lowest BCUT2D eigenvalue weighted by Crippen LogP contribution is -2.49. The Hall–Kier alpha value is -3.69. The van der Waals surface area contributed by atoms with Gasteiger partial charge >= 0.3 is 11.2 Å². The van der Waals surface area contributed by atoms with Crippen molar-refractivity contribution in [2.45, 2.75) is 0 Å². The van der Waals surface area contributed by atoms with Crippen LogP contribution in [-0.2, 0) is 7.05 Å². The minimum atomic E-state index is -0.644. The van der Waals surface area contributed by atoms with Crippen molar-refractivity contribution in [3.05, 3.63) is 63.0 Å². The summed E-state index contributed by atoms with van der Waals surface area (Å²) in [5, 5.41) is 12.3. The SMILES string of the molecule is Cn1c(=O)c([N+](=O)[O-])c(N2CCN(C(=O)c3cnc[nH]3)CC2)c2ccccc21. The van der Waals surface area contributed by atoms with Crippen molar-refractivity contribution >= 4 is 28.2 Å². The zero-order valence-corrected chi connectivity index (χ0v) is 15.2. The highest BCUT2D eigenvalue weighted by molar-refractivity contribution is 5.97. The van der Waals surface area contributed by atoms with E-state index in [2.05, 4.69) is 9.97 Å². The monoisotopic (exact) mass is 382 g/mol. The van der Waals surface area contributed by atoms with Crippen molar-refractivity contribution in [3.8, 4) is 0 Å². The number of nitrogens with zero attached hydrogens (tertiary/aromatic N) is 5. The quantitative estimate of drug-likeness (QED) is 0.536. The van der Waals surface area contributed by atoms with Gasteiger partial charge in [0.1, 0.15) is 11.4 Å². The van der Waals surface area contributed by atoms with Gasteiger partial charge in [0, 0.05) is 38.6 Å². The molecule has 0 aliphatic carbocycles. The summed E-state index contributed by atoms with van der Waals surface area (Å²) in [6.07, 6.45) is 2.91. The van der Waals surface area contributed by atoms with Crippen molar-refractivity contribution in [3.63, 3.8) is 0 Å². The molecule has 4 rings (SSSR count). The second-order valence-electron chi connectivity index (χ2n) is 6.58. The lowest BCUT2D eigenvalue weighted by molar-refractivity contribution is -0.385. The van der Waals surface area contributed by atoms with E-state index < -0.39 is 16.2 Å². The summed E-state index contributed by atoms with van der Waals surface area (Å²) >= 11 is 0. The van der Waals surface area contributed by atoms with Gasteiger partial charge in [-0.3, -0.25) is 19.7 Å². The Kier molecular flexibility index (Phi) is 4.30. The van der Waals surface area contributed by atoms with Crippen LogP contribution in [0.3, 0.4) is 0 Å². The van der Waals surface area contributed by atoms with E-state index in [-0.39, 0.29) is 5.91 Å². The fourth-order valence-corrected chi connectivity index (χ4v) is 3.62. The highest BCUT2D eigenvalue weighted by Gasteiger charge is 2.31. The number of para-hydroxylation sites is 1. The van der Waals surface area contributed by atoms with Gasteiger partial charge < -0.3 is 19.4 Å². The second-order valence-corrected chi connectivity index (χ2v) is 6.58. The molecular formula is C18H18N6O4. The van der Waals surface area contributed by atoms with Crippen LogP contribution in [0.15, 0.2) is 41.6 Å². The van der Waals surface area contributed by atoms with Crippen LogP contribution in [0.1, 0.15) is 10.5 Å². The molecule has 144 valence electrons. The van der Waals surface area contributed by atoms with Crippen LogP contribution in [0.25, 0.3) is 10.9 Å². The van der Waals surface area contributed by atoms with E-state index in [9.17, 15) is 19.7 Å². The summed E-state index contributed by atoms with van der Waals surface area (Å²) in [6, 6.07) is 7.12. The largest absolute Gasteiger partial charge is 0.362 e. The van der Waals surface area contributed by atoms with Gasteiger partial charge in [0.15, 0.2) is 0 Å². The van der Waals surface area contributed by atoms with Gasteiger partial charge in [-0.1, -0.05) is 18.2 Å². The highest BCUT2D eigenvalue weighted by Crippen LogP contribution is 2.33. The summed E-state index contributed by atoms with van der Waals surface area (Å²) < 4.78 is 1.30. The Bertz CT molecular complexity index is 1110. The van der Waals surface area contributed by atoms with Gasteiger partial charge in [0.05, 0.1) is 23.0 Å². The fraction of sp³-hybridized carbons (Fsp3) is 0.278. The molecular weight excluding hydrogens is 364 g/mol. The Balaban J connectivity index is 1.71. The number of carbonyl (C=O) groups excluding carboxylic acids is 1. The first-order valence-corrected chi connectivity index (χ1v) is 8.77. The number of aromatic nitrogens is 3. The van der Waals surface area contributed by atoms with Crippen molar-refractivity contribution in [1.82, 2.24) is 19.4 Å². The number of imidazole rings is 1. The number of rotatable bonds is 3. The van der Waals surface area contributed by atoms with Gasteiger partial charge in [-0.15, -0.1) is 0 Å². The molecule has 2 aromatic heterocycles. The number of hydrogen-bond donors (Lipinski definition) is 1. The number of H-pyrrole nitrogens is 1. The second kappa shape index (κ2) is 6.80. The molecule has 1 saturated heterocycles. The molecule has 0 bridgehead atoms. The summed E-state index contributed by atoms with van der Waals surface area (Å²) in [5.74, 6) is -0.166. The van der Waals surface area contributed by atoms with E-state index in [4.69, 9.17) is 0 Å². The molecule has 3 aromatic rings. The molecule has 1 fully saturated rings. The number of piperazine rings is 1. The number of hydrogen-bond acceptors (Lipinski definition) is 6. The maximum atomic E-state index is 12.6. The molecule has 1 aromatic carbocycles. The van der Waals surface area contributed by atoms with Gasteiger partial charge in [-0.25, -0.2) is 4.98 Å². The topological polar surface area (TPSA) is 117 Å². The summed E-state index contributed by atoms with van der Waals surface area (Å²) in [5.41, 5.74) is 0.268. The smallest absolute Gasteiger partial charge is 0.357 e. The minimum Gasteiger partial charge on any atom is -0.362 e. The summed E-state index contributed by atoms with van der Waals surface area (Å²) in [7, 11) is 1.53. The molecule has 3 heterocycles. The van der Waals surface area contributed by atoms with Crippen molar-refractivity contribution in [2.24, 2.45) is 7.05 Å². The normalized spacial score (nSPS) is 14.5. The van der Waals surface area contributed by atoms with Crippen LogP contribution in [0.2, 0.25) is 0 Å². The third-order valence-corrected chi connectivity index (χ3v) is 5.05. The number of aromatic amines is 1. The number of fused-ring (bicyclic) bond motifs is 1. The third-order valence-electron chi connectivity index (χ3n) is 5.05. The number of amides is 1. The average molecular weight is 382 g/mol. The molecule has 0 spiro atoms. The lowest BCUT2D eigenvalue weighted by atomic mass is 10.1. The molecule has 0 unspecified atom stereocenters. The molecule has 10 nitrogen and oxygen atoms in total. The van der Waals surface area contributed by atoms with Gasteiger partial charge in [-0.05, 0) is 6.07 Å². The number of nitrogens with one attached hydrogen (secondary N) is 1. The molecule has 1 N–H and O–H groups in total. The number of aryl methyl sites for hydroxylation is 1. The number of carbonyl (C=O) groups is 1. The van der Waals surface area contributed by atoms with E-state index in [1.165, 1.54) is 24.1 Å². The van der Waals surface area contributed by atoms with E-state index in [0.29, 0.717) is 48.5 Å². The van der Waals surface area contributed by atoms with Crippen LogP contribution in [0.4, 0.5) is 11.4 Å². The number of nitro groups is 1. The molecule has 10 heteroatoms. The molecule has 0 saturated carbocycles. The summed E-state index contributed by atoms with van der Waals surface area (Å²) in [6.45, 7) is 1.55. The highest BCUT2D eigenvalue weighted by atomic mass is 16.6. The Labute approximate surface area is 159 Å². The van der Waals surface area contributed by atoms with E-state index in [1.807, 2.05) is 4.90 Å². The number of anilines is 1. The van der Waals surface area contributed by atoms with E-state index in [1.54, 1.807) is 29.2 Å². The predicted molar refractivity (Wildman–Crippen MR) is 103 cm³/mol. The predicted octanol–water partition coefficient (Wildman–Crippen LogP) is 1.13. The van der Waals surface area contributed by atoms with Crippen molar-refractivity contribution in [1.29, 1.82) is 0 Å². The van der Waals surface area contributed by atoms with Crippen LogP contribution in [-0.4, -0.2) is 56.4 Å². The molecule has 1 aliphatic rings. The molecule has 0 radical (unpaired) electrons. The van der Waals surface area contributed by atoms with Crippen LogP contribution in [0, 0.1) is 10.1 Å². The Morgan fingerprint density at radius 1 is 1.21 bits per heavy atom. The van der Waals surface area contributed by atoms with Crippen molar-refractivity contribution < 1.29 is 9.72 Å². The van der Waals surface area contributed by atoms with Crippen LogP contribution < -0.4 is 10.5 Å². The zero-order chi connectivity index (χ0) is 19.8. The average Bonchev–Trinajstić information content (AvgIpc) is 3.25. The molecule has 28 heavy (non-hydrogen) atoms. The number of pyridine rings is 1. The molecule has 0 atom stereocenters. The van der Waals surface area contributed by atoms with E-state index in [0.717, 1.165) is 0 Å². The number of benzene rings is 1. The molecule has 1 aliphatic heterocycles. The molecule has 1 amide bonds. The van der Waals surface area contributed by atoms with Gasteiger partial charge in [-0.2, -0.15) is 0 Å². The van der Waals surface area contributed by atoms with Crippen LogP contribution in [0.5, 0.6) is 0 Å². The Morgan fingerprint density at radius 3 is 2.57 bits per heavy atom. The van der Waals surface area contributed by atoms with Gasteiger partial charge in [0.25, 0.3) is 5.91 Å². The standard InChI is InChI=1S/C18H18N6O4/c1-21-14-5-3-2-4-12(14)15(16(18(21)26)24(27)28)22-6-8-23(9-7-22)17(25)13-10-19-11-20-13/h2-5,10-11H,6-9H2,1H3,(H,19,20). The van der Waals surface area contributed by atoms with Crippen molar-refractivity contribution in [2.75, 3.05) is 31.1 Å². The minimum absolute atomic E-state index is 0.166. The first-order chi connectivity index (χ1) is 13.5. The zero-order valence-electron chi connectivity index (χ0n) is 15.2. The van der Waals surface area contributed by atoms with E-state index >= 15 is 0 Å². The Morgan fingerprint density at radius 2 is 1.93 bits per heavy atom. The maximum Gasteiger partial charge on any atom is 0.357 e. The third kappa shape index (κ3) is 2.79. The fourth-order valence-electron chi connectivity index (χ4n) is 3.62. The lowest BCUT2D eigenvalue weighted by Gasteiger charge is -2.36. The van der Waals surface area contributed by atoms with Gasteiger partial charge in [0.2, 0.25) is 0 Å². The van der Waals surface area contributed by atoms with Crippen LogP contribution >= 0.6 is 0 Å².